The summed E-state index contributed by atoms with van der Waals surface area (Å²) in [6.45, 7) is 4.10. The van der Waals surface area contributed by atoms with E-state index in [0.29, 0.717) is 17.8 Å². The number of aromatic nitrogens is 1. The van der Waals surface area contributed by atoms with Gasteiger partial charge in [-0.1, -0.05) is 11.6 Å². The molecule has 0 atom stereocenters. The highest BCUT2D eigenvalue weighted by molar-refractivity contribution is 5.67. The summed E-state index contributed by atoms with van der Waals surface area (Å²) in [5.74, 6) is -0.305. The molecule has 1 saturated heterocycles. The minimum Gasteiger partial charge on any atom is -0.481 e. The molecule has 2 fully saturated rings. The van der Waals surface area contributed by atoms with Crippen LogP contribution in [0.2, 0.25) is 0 Å². The summed E-state index contributed by atoms with van der Waals surface area (Å²) >= 11 is 0. The standard InChI is InChI=1S/C26H33N3O2/c1-19-3-2-12-28-23(19)15-21-4-5-22(18-27)24(16-21)29-13-10-26(11-14-29)8-6-20(7-9-26)17-25(30)31/h2-3,12,16,20H,4-11,13-15,17H2,1H3,(H,30,31). The van der Waals surface area contributed by atoms with Gasteiger partial charge in [-0.15, -0.1) is 0 Å². The highest BCUT2D eigenvalue weighted by atomic mass is 16.4. The Morgan fingerprint density at radius 2 is 2.00 bits per heavy atom. The summed E-state index contributed by atoms with van der Waals surface area (Å²) in [6.07, 6.45) is 13.8. The van der Waals surface area contributed by atoms with Gasteiger partial charge in [-0.05, 0) is 87.3 Å². The lowest BCUT2D eigenvalue weighted by atomic mass is 9.65. The first kappa shape index (κ1) is 21.6. The lowest BCUT2D eigenvalue weighted by Crippen LogP contribution is -2.42. The first-order chi connectivity index (χ1) is 15.0. The van der Waals surface area contributed by atoms with Crippen molar-refractivity contribution in [3.63, 3.8) is 0 Å². The molecular formula is C26H33N3O2. The number of likely N-dealkylation sites (tertiary alicyclic amines) is 1. The fraction of sp³-hybridized carbons (Fsp3) is 0.577. The van der Waals surface area contributed by atoms with Crippen molar-refractivity contribution in [3.05, 3.63) is 52.5 Å². The van der Waals surface area contributed by atoms with Gasteiger partial charge in [0.2, 0.25) is 0 Å². The van der Waals surface area contributed by atoms with E-state index < -0.39 is 5.97 Å². The number of aryl methyl sites for hydroxylation is 1. The zero-order valence-electron chi connectivity index (χ0n) is 18.6. The number of carboxylic acids is 1. The minimum absolute atomic E-state index is 0.323. The average Bonchev–Trinajstić information content (AvgIpc) is 2.77. The molecule has 1 spiro atoms. The van der Waals surface area contributed by atoms with E-state index in [-0.39, 0.29) is 0 Å². The zero-order chi connectivity index (χ0) is 21.8. The van der Waals surface area contributed by atoms with Crippen LogP contribution in [-0.4, -0.2) is 34.0 Å². The fourth-order valence-corrected chi connectivity index (χ4v) is 5.68. The lowest BCUT2D eigenvalue weighted by Gasteiger charge is -2.47. The molecule has 0 unspecified atom stereocenters. The van der Waals surface area contributed by atoms with E-state index in [2.05, 4.69) is 35.0 Å². The van der Waals surface area contributed by atoms with Gasteiger partial charge in [-0.2, -0.15) is 5.26 Å². The van der Waals surface area contributed by atoms with E-state index >= 15 is 0 Å². The summed E-state index contributed by atoms with van der Waals surface area (Å²) in [6, 6.07) is 6.55. The molecule has 1 aromatic heterocycles. The highest BCUT2D eigenvalue weighted by Gasteiger charge is 2.39. The monoisotopic (exact) mass is 419 g/mol. The van der Waals surface area contributed by atoms with Gasteiger partial charge in [0, 0.05) is 37.8 Å². The number of carboxylic acid groups (broad SMARTS) is 1. The van der Waals surface area contributed by atoms with E-state index in [1.165, 1.54) is 11.1 Å². The van der Waals surface area contributed by atoms with Gasteiger partial charge in [-0.3, -0.25) is 9.78 Å². The first-order valence-corrected chi connectivity index (χ1v) is 11.7. The summed E-state index contributed by atoms with van der Waals surface area (Å²) < 4.78 is 0. The third kappa shape index (κ3) is 5.01. The number of aliphatic carboxylic acids is 1. The van der Waals surface area contributed by atoms with Crippen LogP contribution in [0.25, 0.3) is 0 Å². The molecule has 0 radical (unpaired) electrons. The molecule has 3 aliphatic rings. The van der Waals surface area contributed by atoms with Crippen molar-refractivity contribution in [1.82, 2.24) is 9.88 Å². The topological polar surface area (TPSA) is 77.2 Å². The van der Waals surface area contributed by atoms with Crippen LogP contribution >= 0.6 is 0 Å². The van der Waals surface area contributed by atoms with Crippen molar-refractivity contribution in [2.24, 2.45) is 11.3 Å². The lowest BCUT2D eigenvalue weighted by molar-refractivity contribution is -0.138. The van der Waals surface area contributed by atoms with Crippen molar-refractivity contribution in [1.29, 1.82) is 5.26 Å². The Morgan fingerprint density at radius 3 is 2.65 bits per heavy atom. The van der Waals surface area contributed by atoms with Crippen LogP contribution in [0.15, 0.2) is 41.2 Å². The number of hydrogen-bond donors (Lipinski definition) is 1. The highest BCUT2D eigenvalue weighted by Crippen LogP contribution is 2.47. The Hall–Kier alpha value is -2.61. The molecule has 1 aliphatic heterocycles. The number of allylic oxidation sites excluding steroid dienone is 3. The Morgan fingerprint density at radius 1 is 1.26 bits per heavy atom. The largest absolute Gasteiger partial charge is 0.481 e. The number of nitriles is 1. The maximum absolute atomic E-state index is 11.0. The van der Waals surface area contributed by atoms with Crippen LogP contribution < -0.4 is 0 Å². The first-order valence-electron chi connectivity index (χ1n) is 11.7. The van der Waals surface area contributed by atoms with E-state index in [1.54, 1.807) is 0 Å². The molecule has 4 rings (SSSR count). The van der Waals surface area contributed by atoms with Gasteiger partial charge in [0.05, 0.1) is 17.3 Å². The summed E-state index contributed by atoms with van der Waals surface area (Å²) in [5.41, 5.74) is 6.15. The second-order valence-electron chi connectivity index (χ2n) is 9.75. The Kier molecular flexibility index (Phi) is 6.46. The predicted molar refractivity (Wildman–Crippen MR) is 120 cm³/mol. The van der Waals surface area contributed by atoms with Crippen LogP contribution in [0, 0.1) is 29.6 Å². The zero-order valence-corrected chi connectivity index (χ0v) is 18.6. The summed E-state index contributed by atoms with van der Waals surface area (Å²) in [5, 5.41) is 18.8. The minimum atomic E-state index is -0.660. The number of piperidine rings is 1. The Balaban J connectivity index is 1.41. The summed E-state index contributed by atoms with van der Waals surface area (Å²) in [7, 11) is 0. The second kappa shape index (κ2) is 9.26. The molecule has 31 heavy (non-hydrogen) atoms. The quantitative estimate of drug-likeness (QED) is 0.712. The second-order valence-corrected chi connectivity index (χ2v) is 9.75. The van der Waals surface area contributed by atoms with Crippen molar-refractivity contribution in [2.75, 3.05) is 13.1 Å². The van der Waals surface area contributed by atoms with Gasteiger partial charge in [0.25, 0.3) is 0 Å². The van der Waals surface area contributed by atoms with Gasteiger partial charge in [-0.25, -0.2) is 0 Å². The van der Waals surface area contributed by atoms with Crippen molar-refractivity contribution in [2.45, 2.75) is 71.1 Å². The van der Waals surface area contributed by atoms with Crippen LogP contribution in [0.5, 0.6) is 0 Å². The SMILES string of the molecule is Cc1cccnc1CC1=CC(N2CCC3(CCC(CC(=O)O)CC3)CC2)=C(C#N)CC1. The molecule has 2 heterocycles. The van der Waals surface area contributed by atoms with E-state index in [0.717, 1.165) is 87.8 Å². The maximum Gasteiger partial charge on any atom is 0.303 e. The molecule has 0 bridgehead atoms. The van der Waals surface area contributed by atoms with Crippen LogP contribution in [0.1, 0.15) is 69.0 Å². The number of carbonyl (C=O) groups is 1. The van der Waals surface area contributed by atoms with E-state index in [9.17, 15) is 10.1 Å². The molecule has 1 N–H and O–H groups in total. The van der Waals surface area contributed by atoms with Crippen molar-refractivity contribution < 1.29 is 9.90 Å². The normalized spacial score (nSPS) is 21.7. The van der Waals surface area contributed by atoms with Crippen LogP contribution in [0.3, 0.4) is 0 Å². The molecule has 5 nitrogen and oxygen atoms in total. The van der Waals surface area contributed by atoms with Crippen LogP contribution in [-0.2, 0) is 11.2 Å². The van der Waals surface area contributed by atoms with Gasteiger partial charge >= 0.3 is 5.97 Å². The van der Waals surface area contributed by atoms with Crippen LogP contribution in [0.4, 0.5) is 0 Å². The predicted octanol–water partition coefficient (Wildman–Crippen LogP) is 5.18. The third-order valence-electron chi connectivity index (χ3n) is 7.79. The van der Waals surface area contributed by atoms with Crippen molar-refractivity contribution >= 4 is 5.97 Å². The van der Waals surface area contributed by atoms with Crippen molar-refractivity contribution in [3.8, 4) is 6.07 Å². The summed E-state index contributed by atoms with van der Waals surface area (Å²) in [4.78, 5) is 18.0. The smallest absolute Gasteiger partial charge is 0.303 e. The number of hydrogen-bond acceptors (Lipinski definition) is 4. The molecule has 1 saturated carbocycles. The third-order valence-corrected chi connectivity index (χ3v) is 7.79. The number of pyridine rings is 1. The average molecular weight is 420 g/mol. The molecule has 0 aromatic carbocycles. The van der Waals surface area contributed by atoms with E-state index in [1.807, 2.05) is 12.3 Å². The fourth-order valence-electron chi connectivity index (χ4n) is 5.68. The van der Waals surface area contributed by atoms with E-state index in [4.69, 9.17) is 5.11 Å². The molecule has 2 aliphatic carbocycles. The Bertz CT molecular complexity index is 922. The molecular weight excluding hydrogens is 386 g/mol. The molecule has 5 heteroatoms. The van der Waals surface area contributed by atoms with Gasteiger partial charge in [0.1, 0.15) is 0 Å². The molecule has 1 aromatic rings. The van der Waals surface area contributed by atoms with Gasteiger partial charge < -0.3 is 10.0 Å². The maximum atomic E-state index is 11.0. The number of rotatable bonds is 5. The molecule has 164 valence electrons. The Labute approximate surface area is 185 Å². The number of nitrogens with zero attached hydrogens (tertiary/aromatic N) is 3. The van der Waals surface area contributed by atoms with Gasteiger partial charge in [0.15, 0.2) is 0 Å². The molecule has 0 amide bonds.